The van der Waals surface area contributed by atoms with Crippen LogP contribution in [0.1, 0.15) is 15.9 Å². The Morgan fingerprint density at radius 2 is 2.06 bits per heavy atom. The van der Waals surface area contributed by atoms with Gasteiger partial charge in [-0.25, -0.2) is 4.79 Å². The lowest BCUT2D eigenvalue weighted by Crippen LogP contribution is -2.18. The molecule has 0 saturated carbocycles. The van der Waals surface area contributed by atoms with E-state index in [1.807, 2.05) is 0 Å². The molecule has 0 amide bonds. The SMILES string of the molecule is COC(=O)c1ccc(OC(F)(F)F)c(CO)c1Cl. The minimum absolute atomic E-state index is 0.155. The van der Waals surface area contributed by atoms with Gasteiger partial charge in [-0.3, -0.25) is 0 Å². The Hall–Kier alpha value is -1.47. The number of halogens is 4. The second-order valence-electron chi connectivity index (χ2n) is 3.10. The van der Waals surface area contributed by atoms with E-state index in [-0.39, 0.29) is 16.1 Å². The van der Waals surface area contributed by atoms with E-state index in [9.17, 15) is 18.0 Å². The van der Waals surface area contributed by atoms with Crippen LogP contribution in [-0.2, 0) is 11.3 Å². The molecule has 0 unspecified atom stereocenters. The van der Waals surface area contributed by atoms with Crippen molar-refractivity contribution in [2.75, 3.05) is 7.11 Å². The van der Waals surface area contributed by atoms with E-state index in [1.54, 1.807) is 0 Å². The van der Waals surface area contributed by atoms with Gasteiger partial charge in [0.1, 0.15) is 5.75 Å². The monoisotopic (exact) mass is 284 g/mol. The molecule has 0 aliphatic carbocycles. The summed E-state index contributed by atoms with van der Waals surface area (Å²) in [6, 6.07) is 1.91. The molecular formula is C10H8ClF3O4. The number of methoxy groups -OCH3 is 1. The standard InChI is InChI=1S/C10H8ClF3O4/c1-17-9(16)5-2-3-7(18-10(12,13)14)6(4-15)8(5)11/h2-3,15H,4H2,1H3. The highest BCUT2D eigenvalue weighted by molar-refractivity contribution is 6.34. The van der Waals surface area contributed by atoms with Crippen LogP contribution < -0.4 is 4.74 Å². The molecule has 0 fully saturated rings. The average Bonchev–Trinajstić information content (AvgIpc) is 2.26. The van der Waals surface area contributed by atoms with E-state index in [4.69, 9.17) is 16.7 Å². The van der Waals surface area contributed by atoms with Gasteiger partial charge < -0.3 is 14.6 Å². The highest BCUT2D eigenvalue weighted by Crippen LogP contribution is 2.33. The first-order valence-electron chi connectivity index (χ1n) is 4.56. The number of aliphatic hydroxyl groups is 1. The summed E-state index contributed by atoms with van der Waals surface area (Å²) in [5.74, 6) is -1.49. The fourth-order valence-electron chi connectivity index (χ4n) is 1.24. The van der Waals surface area contributed by atoms with Crippen LogP contribution in [0.25, 0.3) is 0 Å². The van der Waals surface area contributed by atoms with Crippen molar-refractivity contribution in [1.29, 1.82) is 0 Å². The van der Waals surface area contributed by atoms with Crippen molar-refractivity contribution < 1.29 is 32.5 Å². The number of hydrogen-bond donors (Lipinski definition) is 1. The molecule has 0 saturated heterocycles. The maximum Gasteiger partial charge on any atom is 0.573 e. The third-order valence-corrected chi connectivity index (χ3v) is 2.42. The average molecular weight is 285 g/mol. The Kier molecular flexibility index (Phi) is 4.42. The van der Waals surface area contributed by atoms with Crippen LogP contribution in [0.3, 0.4) is 0 Å². The first-order valence-corrected chi connectivity index (χ1v) is 4.94. The van der Waals surface area contributed by atoms with Crippen LogP contribution in [0.2, 0.25) is 5.02 Å². The molecule has 1 aromatic rings. The van der Waals surface area contributed by atoms with Gasteiger partial charge in [0.25, 0.3) is 0 Å². The van der Waals surface area contributed by atoms with E-state index in [2.05, 4.69) is 9.47 Å². The van der Waals surface area contributed by atoms with Crippen LogP contribution in [-0.4, -0.2) is 24.5 Å². The topological polar surface area (TPSA) is 55.8 Å². The molecule has 4 nitrogen and oxygen atoms in total. The lowest BCUT2D eigenvalue weighted by molar-refractivity contribution is -0.275. The van der Waals surface area contributed by atoms with Crippen LogP contribution in [0, 0.1) is 0 Å². The van der Waals surface area contributed by atoms with Crippen LogP contribution in [0.4, 0.5) is 13.2 Å². The summed E-state index contributed by atoms with van der Waals surface area (Å²) < 4.78 is 44.3. The van der Waals surface area contributed by atoms with E-state index in [1.165, 1.54) is 0 Å². The molecular weight excluding hydrogens is 277 g/mol. The Balaban J connectivity index is 3.25. The Morgan fingerprint density at radius 1 is 1.44 bits per heavy atom. The third kappa shape index (κ3) is 3.27. The van der Waals surface area contributed by atoms with Crippen molar-refractivity contribution in [2.24, 2.45) is 0 Å². The van der Waals surface area contributed by atoms with Crippen molar-refractivity contribution in [3.8, 4) is 5.75 Å². The second kappa shape index (κ2) is 5.45. The fourth-order valence-corrected chi connectivity index (χ4v) is 1.53. The van der Waals surface area contributed by atoms with Gasteiger partial charge in [-0.05, 0) is 12.1 Å². The predicted octanol–water partition coefficient (Wildman–Crippen LogP) is 2.52. The van der Waals surface area contributed by atoms with E-state index in [0.29, 0.717) is 0 Å². The Labute approximate surface area is 105 Å². The number of alkyl halides is 3. The quantitative estimate of drug-likeness (QED) is 0.867. The Bertz CT molecular complexity index is 459. The number of ether oxygens (including phenoxy) is 2. The van der Waals surface area contributed by atoms with Gasteiger partial charge in [0.05, 0.1) is 24.3 Å². The molecule has 1 N–H and O–H groups in total. The highest BCUT2D eigenvalue weighted by atomic mass is 35.5. The molecule has 100 valence electrons. The predicted molar refractivity (Wildman–Crippen MR) is 55.4 cm³/mol. The first-order chi connectivity index (χ1) is 8.30. The summed E-state index contributed by atoms with van der Waals surface area (Å²) >= 11 is 5.71. The number of benzene rings is 1. The van der Waals surface area contributed by atoms with Gasteiger partial charge in [0, 0.05) is 5.56 Å². The number of rotatable bonds is 3. The zero-order chi connectivity index (χ0) is 13.9. The lowest BCUT2D eigenvalue weighted by Gasteiger charge is -2.14. The molecule has 1 aromatic carbocycles. The molecule has 0 aliphatic heterocycles. The van der Waals surface area contributed by atoms with E-state index >= 15 is 0 Å². The summed E-state index contributed by atoms with van der Waals surface area (Å²) in [5.41, 5.74) is -0.491. The Morgan fingerprint density at radius 3 is 2.50 bits per heavy atom. The van der Waals surface area contributed by atoms with Crippen molar-refractivity contribution >= 4 is 17.6 Å². The van der Waals surface area contributed by atoms with Gasteiger partial charge in [-0.1, -0.05) is 11.6 Å². The largest absolute Gasteiger partial charge is 0.573 e. The number of hydrogen-bond acceptors (Lipinski definition) is 4. The van der Waals surface area contributed by atoms with Gasteiger partial charge in [-0.15, -0.1) is 13.2 Å². The fraction of sp³-hybridized carbons (Fsp3) is 0.300. The van der Waals surface area contributed by atoms with E-state index in [0.717, 1.165) is 19.2 Å². The minimum atomic E-state index is -4.92. The summed E-state index contributed by atoms with van der Waals surface area (Å²) in [4.78, 5) is 11.2. The molecule has 0 aromatic heterocycles. The molecule has 0 radical (unpaired) electrons. The normalized spacial score (nSPS) is 11.2. The molecule has 18 heavy (non-hydrogen) atoms. The molecule has 0 bridgehead atoms. The maximum atomic E-state index is 12.1. The minimum Gasteiger partial charge on any atom is -0.465 e. The highest BCUT2D eigenvalue weighted by Gasteiger charge is 2.33. The summed E-state index contributed by atoms with van der Waals surface area (Å²) in [6.07, 6.45) is -4.92. The zero-order valence-corrected chi connectivity index (χ0v) is 9.80. The van der Waals surface area contributed by atoms with Gasteiger partial charge >= 0.3 is 12.3 Å². The molecule has 8 heteroatoms. The van der Waals surface area contributed by atoms with Gasteiger partial charge in [-0.2, -0.15) is 0 Å². The number of aliphatic hydroxyl groups excluding tert-OH is 1. The summed E-state index contributed by atoms with van der Waals surface area (Å²) in [5, 5.41) is 8.65. The lowest BCUT2D eigenvalue weighted by atomic mass is 10.1. The van der Waals surface area contributed by atoms with Crippen molar-refractivity contribution in [2.45, 2.75) is 13.0 Å². The third-order valence-electron chi connectivity index (χ3n) is 1.99. The van der Waals surface area contributed by atoms with Gasteiger partial charge in [0.2, 0.25) is 0 Å². The van der Waals surface area contributed by atoms with Crippen molar-refractivity contribution in [1.82, 2.24) is 0 Å². The van der Waals surface area contributed by atoms with Gasteiger partial charge in [0.15, 0.2) is 0 Å². The number of carbonyl (C=O) groups excluding carboxylic acids is 1. The van der Waals surface area contributed by atoms with Crippen LogP contribution in [0.5, 0.6) is 5.75 Å². The zero-order valence-electron chi connectivity index (χ0n) is 9.05. The molecule has 0 heterocycles. The molecule has 0 aliphatic rings. The first kappa shape index (κ1) is 14.6. The smallest absolute Gasteiger partial charge is 0.465 e. The molecule has 1 rings (SSSR count). The number of carbonyl (C=O) groups is 1. The summed E-state index contributed by atoms with van der Waals surface area (Å²) in [7, 11) is 1.09. The molecule has 0 atom stereocenters. The van der Waals surface area contributed by atoms with E-state index < -0.39 is 24.7 Å². The maximum absolute atomic E-state index is 12.1. The summed E-state index contributed by atoms with van der Waals surface area (Å²) in [6.45, 7) is -0.810. The number of esters is 1. The van der Waals surface area contributed by atoms with Crippen molar-refractivity contribution in [3.63, 3.8) is 0 Å². The second-order valence-corrected chi connectivity index (χ2v) is 3.48. The van der Waals surface area contributed by atoms with Crippen molar-refractivity contribution in [3.05, 3.63) is 28.3 Å². The molecule has 0 spiro atoms. The van der Waals surface area contributed by atoms with Crippen LogP contribution >= 0.6 is 11.6 Å². The van der Waals surface area contributed by atoms with Crippen LogP contribution in [0.15, 0.2) is 12.1 Å².